The summed E-state index contributed by atoms with van der Waals surface area (Å²) >= 11 is 0. The van der Waals surface area contributed by atoms with Crippen LogP contribution in [0.3, 0.4) is 0 Å². The van der Waals surface area contributed by atoms with Crippen LogP contribution in [0.15, 0.2) is 24.3 Å². The second-order valence-corrected chi connectivity index (χ2v) is 8.16. The van der Waals surface area contributed by atoms with Gasteiger partial charge in [0.2, 0.25) is 5.91 Å². The van der Waals surface area contributed by atoms with Crippen LogP contribution >= 0.6 is 0 Å². The Kier molecular flexibility index (Phi) is 8.96. The number of hydrogen-bond donors (Lipinski definition) is 2. The number of carbonyl (C=O) groups excluding carboxylic acids is 3. The molecule has 0 spiro atoms. The summed E-state index contributed by atoms with van der Waals surface area (Å²) in [5.74, 6) is -0.394. The topological polar surface area (TPSA) is 93.7 Å². The number of carbonyl (C=O) groups is 3. The van der Waals surface area contributed by atoms with Crippen LogP contribution in [-0.4, -0.2) is 29.6 Å². The van der Waals surface area contributed by atoms with Crippen LogP contribution in [-0.2, 0) is 32.2 Å². The molecule has 0 heterocycles. The molecule has 28 heavy (non-hydrogen) atoms. The fourth-order valence-corrected chi connectivity index (χ4v) is 2.37. The summed E-state index contributed by atoms with van der Waals surface area (Å²) < 4.78 is 10.6. The molecule has 1 rings (SSSR count). The first-order valence-electron chi connectivity index (χ1n) is 9.44. The summed E-state index contributed by atoms with van der Waals surface area (Å²) in [4.78, 5) is 35.4. The highest BCUT2D eigenvalue weighted by atomic mass is 16.6. The molecule has 0 radical (unpaired) electrons. The summed E-state index contributed by atoms with van der Waals surface area (Å²) in [7, 11) is 0. The monoisotopic (exact) mass is 392 g/mol. The number of rotatable bonds is 8. The Morgan fingerprint density at radius 1 is 1.04 bits per heavy atom. The Balaban J connectivity index is 2.62. The van der Waals surface area contributed by atoms with Crippen molar-refractivity contribution in [3.8, 4) is 0 Å². The largest absolute Gasteiger partial charge is 0.459 e. The average Bonchev–Trinajstić information content (AvgIpc) is 2.56. The lowest BCUT2D eigenvalue weighted by Crippen LogP contribution is -2.44. The van der Waals surface area contributed by atoms with E-state index in [4.69, 9.17) is 9.47 Å². The predicted octanol–water partition coefficient (Wildman–Crippen LogP) is 3.31. The zero-order valence-corrected chi connectivity index (χ0v) is 17.6. The van der Waals surface area contributed by atoms with Gasteiger partial charge in [0.15, 0.2) is 0 Å². The minimum atomic E-state index is -0.770. The molecular formula is C21H32N2O5. The van der Waals surface area contributed by atoms with E-state index in [1.165, 1.54) is 6.92 Å². The Labute approximate surface area is 167 Å². The molecular weight excluding hydrogens is 360 g/mol. The van der Waals surface area contributed by atoms with Crippen LogP contribution in [0.2, 0.25) is 0 Å². The average molecular weight is 392 g/mol. The molecule has 0 aliphatic rings. The van der Waals surface area contributed by atoms with E-state index >= 15 is 0 Å². The Morgan fingerprint density at radius 3 is 2.11 bits per heavy atom. The molecule has 2 amide bonds. The molecule has 0 aliphatic heterocycles. The van der Waals surface area contributed by atoms with E-state index in [1.54, 1.807) is 20.8 Å². The van der Waals surface area contributed by atoms with E-state index in [9.17, 15) is 14.4 Å². The molecule has 7 nitrogen and oxygen atoms in total. The van der Waals surface area contributed by atoms with Gasteiger partial charge in [0.1, 0.15) is 18.2 Å². The normalized spacial score (nSPS) is 12.2. The third-order valence-electron chi connectivity index (χ3n) is 3.63. The van der Waals surface area contributed by atoms with Crippen molar-refractivity contribution in [3.05, 3.63) is 35.4 Å². The SMILES string of the molecule is CC(=O)NCc1ccc(COC(=O)[C@H](CC(C)C)NC(=O)OC(C)(C)C)cc1. The van der Waals surface area contributed by atoms with Crippen molar-refractivity contribution in [1.29, 1.82) is 0 Å². The summed E-state index contributed by atoms with van der Waals surface area (Å²) in [6.07, 6.45) is -0.189. The number of amides is 2. The van der Waals surface area contributed by atoms with Crippen LogP contribution in [0.5, 0.6) is 0 Å². The van der Waals surface area contributed by atoms with Crippen LogP contribution in [0.4, 0.5) is 4.79 Å². The van der Waals surface area contributed by atoms with Gasteiger partial charge in [-0.1, -0.05) is 38.1 Å². The lowest BCUT2D eigenvalue weighted by molar-refractivity contribution is -0.148. The van der Waals surface area contributed by atoms with E-state index < -0.39 is 23.7 Å². The highest BCUT2D eigenvalue weighted by Crippen LogP contribution is 2.12. The quantitative estimate of drug-likeness (QED) is 0.662. The minimum absolute atomic E-state index is 0.0910. The van der Waals surface area contributed by atoms with Gasteiger partial charge in [-0.25, -0.2) is 9.59 Å². The van der Waals surface area contributed by atoms with Gasteiger partial charge in [0, 0.05) is 13.5 Å². The standard InChI is InChI=1S/C21H32N2O5/c1-14(2)11-18(23-20(26)28-21(4,5)6)19(25)27-13-17-9-7-16(8-10-17)12-22-15(3)24/h7-10,14,18H,11-13H2,1-6H3,(H,22,24)(H,23,26)/t18-/m0/s1. The number of nitrogens with one attached hydrogen (secondary N) is 2. The molecule has 1 aromatic rings. The smallest absolute Gasteiger partial charge is 0.408 e. The molecule has 0 fully saturated rings. The molecule has 2 N–H and O–H groups in total. The van der Waals surface area contributed by atoms with Gasteiger partial charge in [-0.15, -0.1) is 0 Å². The van der Waals surface area contributed by atoms with Gasteiger partial charge in [-0.3, -0.25) is 4.79 Å². The zero-order chi connectivity index (χ0) is 21.3. The minimum Gasteiger partial charge on any atom is -0.459 e. The highest BCUT2D eigenvalue weighted by molar-refractivity contribution is 5.81. The molecule has 7 heteroatoms. The zero-order valence-electron chi connectivity index (χ0n) is 17.6. The maximum atomic E-state index is 12.5. The molecule has 0 bridgehead atoms. The third kappa shape index (κ3) is 9.94. The van der Waals surface area contributed by atoms with Crippen molar-refractivity contribution in [2.75, 3.05) is 0 Å². The maximum Gasteiger partial charge on any atom is 0.408 e. The summed E-state index contributed by atoms with van der Waals surface area (Å²) in [5.41, 5.74) is 1.13. The Bertz CT molecular complexity index is 662. The fraction of sp³-hybridized carbons (Fsp3) is 0.571. The summed E-state index contributed by atoms with van der Waals surface area (Å²) in [6, 6.07) is 6.63. The molecule has 156 valence electrons. The number of esters is 1. The van der Waals surface area contributed by atoms with Crippen molar-refractivity contribution < 1.29 is 23.9 Å². The first kappa shape index (κ1) is 23.5. The number of hydrogen-bond acceptors (Lipinski definition) is 5. The second kappa shape index (κ2) is 10.7. The van der Waals surface area contributed by atoms with Crippen molar-refractivity contribution in [3.63, 3.8) is 0 Å². The first-order valence-corrected chi connectivity index (χ1v) is 9.44. The number of alkyl carbamates (subject to hydrolysis) is 1. The van der Waals surface area contributed by atoms with Crippen molar-refractivity contribution in [1.82, 2.24) is 10.6 Å². The van der Waals surface area contributed by atoms with Gasteiger partial charge in [0.05, 0.1) is 0 Å². The fourth-order valence-electron chi connectivity index (χ4n) is 2.37. The van der Waals surface area contributed by atoms with Crippen LogP contribution in [0.25, 0.3) is 0 Å². The van der Waals surface area contributed by atoms with Crippen LogP contribution < -0.4 is 10.6 Å². The Morgan fingerprint density at radius 2 is 1.61 bits per heavy atom. The van der Waals surface area contributed by atoms with E-state index in [1.807, 2.05) is 38.1 Å². The van der Waals surface area contributed by atoms with E-state index in [2.05, 4.69) is 10.6 Å². The van der Waals surface area contributed by atoms with Gasteiger partial charge in [-0.2, -0.15) is 0 Å². The second-order valence-electron chi connectivity index (χ2n) is 8.16. The lowest BCUT2D eigenvalue weighted by Gasteiger charge is -2.23. The maximum absolute atomic E-state index is 12.5. The van der Waals surface area contributed by atoms with Gasteiger partial charge in [0.25, 0.3) is 0 Å². The van der Waals surface area contributed by atoms with E-state index in [-0.39, 0.29) is 18.4 Å². The van der Waals surface area contributed by atoms with Crippen molar-refractivity contribution in [2.45, 2.75) is 72.8 Å². The first-order chi connectivity index (χ1) is 13.0. The van der Waals surface area contributed by atoms with Crippen LogP contribution in [0.1, 0.15) is 59.1 Å². The number of ether oxygens (including phenoxy) is 2. The van der Waals surface area contributed by atoms with Gasteiger partial charge >= 0.3 is 12.1 Å². The summed E-state index contributed by atoms with van der Waals surface area (Å²) in [6.45, 7) is 11.2. The predicted molar refractivity (Wildman–Crippen MR) is 106 cm³/mol. The van der Waals surface area contributed by atoms with E-state index in [0.717, 1.165) is 11.1 Å². The lowest BCUT2D eigenvalue weighted by atomic mass is 10.0. The van der Waals surface area contributed by atoms with Crippen molar-refractivity contribution in [2.24, 2.45) is 5.92 Å². The van der Waals surface area contributed by atoms with Crippen LogP contribution in [0, 0.1) is 5.92 Å². The Hall–Kier alpha value is -2.57. The van der Waals surface area contributed by atoms with Gasteiger partial charge in [-0.05, 0) is 44.2 Å². The molecule has 0 unspecified atom stereocenters. The molecule has 0 saturated heterocycles. The molecule has 0 saturated carbocycles. The van der Waals surface area contributed by atoms with Crippen molar-refractivity contribution >= 4 is 18.0 Å². The molecule has 1 aromatic carbocycles. The molecule has 1 atom stereocenters. The van der Waals surface area contributed by atoms with Gasteiger partial charge < -0.3 is 20.1 Å². The number of benzene rings is 1. The van der Waals surface area contributed by atoms with E-state index in [0.29, 0.717) is 13.0 Å². The molecule has 0 aromatic heterocycles. The third-order valence-corrected chi connectivity index (χ3v) is 3.63. The summed E-state index contributed by atoms with van der Waals surface area (Å²) in [5, 5.41) is 5.32. The highest BCUT2D eigenvalue weighted by Gasteiger charge is 2.26. The molecule has 0 aliphatic carbocycles.